The van der Waals surface area contributed by atoms with E-state index in [1.54, 1.807) is 27.8 Å². The van der Waals surface area contributed by atoms with E-state index in [1.807, 2.05) is 45.0 Å². The number of rotatable bonds is 3. The van der Waals surface area contributed by atoms with Crippen molar-refractivity contribution in [1.82, 2.24) is 4.57 Å². The number of benzene rings is 2. The molecule has 2 heterocycles. The largest absolute Gasteiger partial charge is 0.310 e. The van der Waals surface area contributed by atoms with E-state index in [9.17, 15) is 9.59 Å². The fourth-order valence-electron chi connectivity index (χ4n) is 3.98. The number of hydrogen-bond donors (Lipinski definition) is 0. The summed E-state index contributed by atoms with van der Waals surface area (Å²) in [6.45, 7) is 6.56. The van der Waals surface area contributed by atoms with Crippen LogP contribution < -0.4 is 10.5 Å². The molecule has 1 unspecified atom stereocenters. The lowest BCUT2D eigenvalue weighted by atomic mass is 10.1. The van der Waals surface area contributed by atoms with Gasteiger partial charge in [-0.1, -0.05) is 42.0 Å². The predicted octanol–water partition coefficient (Wildman–Crippen LogP) is 4.10. The molecule has 1 aliphatic heterocycles. The van der Waals surface area contributed by atoms with Crippen molar-refractivity contribution in [3.63, 3.8) is 0 Å². The Morgan fingerprint density at radius 2 is 1.86 bits per heavy atom. The highest BCUT2D eigenvalue weighted by Crippen LogP contribution is 2.32. The van der Waals surface area contributed by atoms with Crippen molar-refractivity contribution in [3.05, 3.63) is 99.0 Å². The Balaban J connectivity index is 1.70. The van der Waals surface area contributed by atoms with Crippen LogP contribution in [0.3, 0.4) is 0 Å². The minimum atomic E-state index is -0.245. The van der Waals surface area contributed by atoms with E-state index < -0.39 is 0 Å². The number of carbonyl (C=O) groups is 1. The topological polar surface area (TPSA) is 42.3 Å². The fourth-order valence-corrected chi connectivity index (χ4v) is 3.98. The molecule has 0 N–H and O–H groups in total. The zero-order valence-corrected chi connectivity index (χ0v) is 16.5. The van der Waals surface area contributed by atoms with Gasteiger partial charge in [-0.25, -0.2) is 0 Å². The molecule has 0 radical (unpaired) electrons. The minimum Gasteiger partial charge on any atom is -0.310 e. The number of pyridine rings is 1. The molecule has 142 valence electrons. The van der Waals surface area contributed by atoms with Crippen molar-refractivity contribution in [2.24, 2.45) is 0 Å². The van der Waals surface area contributed by atoms with Gasteiger partial charge in [-0.3, -0.25) is 9.59 Å². The molecule has 4 heteroatoms. The maximum atomic E-state index is 13.3. The normalized spacial score (nSPS) is 15.5. The third-order valence-corrected chi connectivity index (χ3v) is 5.52. The molecule has 4 nitrogen and oxygen atoms in total. The monoisotopic (exact) mass is 372 g/mol. The van der Waals surface area contributed by atoms with Crippen LogP contribution >= 0.6 is 0 Å². The Morgan fingerprint density at radius 3 is 2.68 bits per heavy atom. The van der Waals surface area contributed by atoms with E-state index in [1.165, 1.54) is 0 Å². The van der Waals surface area contributed by atoms with Gasteiger partial charge in [0.05, 0.1) is 6.54 Å². The molecule has 1 amide bonds. The van der Waals surface area contributed by atoms with Crippen molar-refractivity contribution in [1.29, 1.82) is 0 Å². The summed E-state index contributed by atoms with van der Waals surface area (Å²) in [5.74, 6) is -0.224. The molecular weight excluding hydrogens is 348 g/mol. The van der Waals surface area contributed by atoms with Crippen LogP contribution in [0.2, 0.25) is 0 Å². The smallest absolute Gasteiger partial charge is 0.264 e. The molecule has 1 aliphatic rings. The van der Waals surface area contributed by atoms with Crippen molar-refractivity contribution in [2.45, 2.75) is 39.8 Å². The van der Waals surface area contributed by atoms with E-state index in [-0.39, 0.29) is 23.1 Å². The number of nitrogens with zero attached hydrogens (tertiary/aromatic N) is 2. The number of aryl methyl sites for hydroxylation is 2. The quantitative estimate of drug-likeness (QED) is 0.694. The van der Waals surface area contributed by atoms with E-state index in [0.717, 1.165) is 34.4 Å². The van der Waals surface area contributed by atoms with Gasteiger partial charge in [0.2, 0.25) is 0 Å². The highest BCUT2D eigenvalue weighted by atomic mass is 16.2. The molecule has 3 aromatic rings. The van der Waals surface area contributed by atoms with E-state index in [4.69, 9.17) is 0 Å². The van der Waals surface area contributed by atoms with Crippen LogP contribution in [0.1, 0.15) is 39.5 Å². The minimum absolute atomic E-state index is 0.0389. The van der Waals surface area contributed by atoms with Crippen LogP contribution in [0.25, 0.3) is 0 Å². The second-order valence-electron chi connectivity index (χ2n) is 7.64. The maximum Gasteiger partial charge on any atom is 0.264 e. The number of anilines is 1. The van der Waals surface area contributed by atoms with Crippen LogP contribution in [-0.2, 0) is 13.0 Å². The molecule has 4 rings (SSSR count). The molecule has 0 bridgehead atoms. The van der Waals surface area contributed by atoms with Gasteiger partial charge < -0.3 is 9.47 Å². The van der Waals surface area contributed by atoms with Crippen LogP contribution in [0.5, 0.6) is 0 Å². The molecule has 28 heavy (non-hydrogen) atoms. The lowest BCUT2D eigenvalue weighted by molar-refractivity contribution is 0.0979. The summed E-state index contributed by atoms with van der Waals surface area (Å²) < 4.78 is 1.63. The van der Waals surface area contributed by atoms with Gasteiger partial charge >= 0.3 is 0 Å². The highest BCUT2D eigenvalue weighted by Gasteiger charge is 2.32. The van der Waals surface area contributed by atoms with E-state index >= 15 is 0 Å². The van der Waals surface area contributed by atoms with Gasteiger partial charge in [-0.2, -0.15) is 0 Å². The van der Waals surface area contributed by atoms with Crippen LogP contribution in [0.4, 0.5) is 5.69 Å². The summed E-state index contributed by atoms with van der Waals surface area (Å²) in [6, 6.07) is 17.6. The first-order valence-corrected chi connectivity index (χ1v) is 9.63. The summed E-state index contributed by atoms with van der Waals surface area (Å²) in [6.07, 6.45) is 2.56. The Labute approximate surface area is 165 Å². The molecular formula is C24H24N2O2. The van der Waals surface area contributed by atoms with E-state index in [2.05, 4.69) is 18.2 Å². The number of amides is 1. The predicted molar refractivity (Wildman–Crippen MR) is 112 cm³/mol. The third kappa shape index (κ3) is 3.15. The Kier molecular flexibility index (Phi) is 4.63. The van der Waals surface area contributed by atoms with Gasteiger partial charge in [0.1, 0.15) is 5.56 Å². The summed E-state index contributed by atoms with van der Waals surface area (Å²) in [4.78, 5) is 28.1. The molecule has 1 atom stereocenters. The maximum absolute atomic E-state index is 13.3. The van der Waals surface area contributed by atoms with Gasteiger partial charge in [0.25, 0.3) is 11.5 Å². The summed E-state index contributed by atoms with van der Waals surface area (Å²) in [5.41, 5.74) is 5.41. The average molecular weight is 372 g/mol. The lowest BCUT2D eigenvalue weighted by Crippen LogP contribution is -2.40. The summed E-state index contributed by atoms with van der Waals surface area (Å²) in [7, 11) is 0. The lowest BCUT2D eigenvalue weighted by Gasteiger charge is -2.23. The van der Waals surface area contributed by atoms with Crippen molar-refractivity contribution < 1.29 is 4.79 Å². The molecule has 2 aromatic carbocycles. The average Bonchev–Trinajstić information content (AvgIpc) is 3.01. The SMILES string of the molecule is Cc1ccc(C)c(Cn2cccc(C(=O)N3c4ccccc4CC3C)c2=O)c1. The zero-order valence-electron chi connectivity index (χ0n) is 16.5. The van der Waals surface area contributed by atoms with Gasteiger partial charge in [-0.15, -0.1) is 0 Å². The standard InChI is InChI=1S/C24H24N2O2/c1-16-10-11-17(2)20(13-16)15-25-12-6-8-21(23(25)27)24(28)26-18(3)14-19-7-4-5-9-22(19)26/h4-13,18H,14-15H2,1-3H3. The van der Waals surface area contributed by atoms with Crippen LogP contribution in [0.15, 0.2) is 65.6 Å². The van der Waals surface area contributed by atoms with Gasteiger partial charge in [0, 0.05) is 17.9 Å². The third-order valence-electron chi connectivity index (χ3n) is 5.52. The number of fused-ring (bicyclic) bond motifs is 1. The van der Waals surface area contributed by atoms with Crippen molar-refractivity contribution in [3.8, 4) is 0 Å². The Bertz CT molecular complexity index is 1110. The number of aromatic nitrogens is 1. The Hall–Kier alpha value is -3.14. The first-order valence-electron chi connectivity index (χ1n) is 9.63. The summed E-state index contributed by atoms with van der Waals surface area (Å²) >= 11 is 0. The second-order valence-corrected chi connectivity index (χ2v) is 7.64. The highest BCUT2D eigenvalue weighted by molar-refractivity contribution is 6.07. The van der Waals surface area contributed by atoms with Crippen LogP contribution in [0, 0.1) is 13.8 Å². The van der Waals surface area contributed by atoms with Crippen molar-refractivity contribution in [2.75, 3.05) is 4.90 Å². The number of carbonyl (C=O) groups excluding carboxylic acids is 1. The molecule has 0 spiro atoms. The molecule has 0 aliphatic carbocycles. The molecule has 0 saturated carbocycles. The number of hydrogen-bond acceptors (Lipinski definition) is 2. The zero-order chi connectivity index (χ0) is 19.8. The van der Waals surface area contributed by atoms with Gasteiger partial charge in [-0.05, 0) is 62.1 Å². The first kappa shape index (κ1) is 18.2. The Morgan fingerprint density at radius 1 is 1.07 bits per heavy atom. The summed E-state index contributed by atoms with van der Waals surface area (Å²) in [5, 5.41) is 0. The first-order chi connectivity index (χ1) is 13.5. The fraction of sp³-hybridized carbons (Fsp3) is 0.250. The van der Waals surface area contributed by atoms with Crippen molar-refractivity contribution >= 4 is 11.6 Å². The molecule has 0 saturated heterocycles. The molecule has 0 fully saturated rings. The van der Waals surface area contributed by atoms with Gasteiger partial charge in [0.15, 0.2) is 0 Å². The second kappa shape index (κ2) is 7.12. The van der Waals surface area contributed by atoms with Crippen LogP contribution in [-0.4, -0.2) is 16.5 Å². The van der Waals surface area contributed by atoms with E-state index in [0.29, 0.717) is 6.54 Å². The number of para-hydroxylation sites is 1. The molecule has 1 aromatic heterocycles.